The molecule has 0 aliphatic carbocycles. The molecule has 6 amide bonds. The van der Waals surface area contributed by atoms with E-state index in [1.165, 1.54) is 18.5 Å². The van der Waals surface area contributed by atoms with E-state index < -0.39 is 52.4 Å². The Labute approximate surface area is 419 Å². The van der Waals surface area contributed by atoms with E-state index in [2.05, 4.69) is 59.8 Å². The first kappa shape index (κ1) is 50.7. The number of piperazine rings is 2. The summed E-state index contributed by atoms with van der Waals surface area (Å²) in [4.78, 5) is 98.4. The van der Waals surface area contributed by atoms with E-state index in [4.69, 9.17) is 0 Å². The summed E-state index contributed by atoms with van der Waals surface area (Å²) in [5.41, 5.74) is 0.276. The van der Waals surface area contributed by atoms with Gasteiger partial charge in [-0.1, -0.05) is 26.8 Å². The molecule has 386 valence electrons. The number of piperidine rings is 3. The topological polar surface area (TPSA) is 196 Å². The van der Waals surface area contributed by atoms with E-state index in [0.29, 0.717) is 95.2 Å². The van der Waals surface area contributed by atoms with Gasteiger partial charge in [0.2, 0.25) is 23.6 Å². The van der Waals surface area contributed by atoms with E-state index >= 15 is 8.78 Å². The zero-order chi connectivity index (χ0) is 51.1. The zero-order valence-electron chi connectivity index (χ0n) is 42.1. The molecule has 1 aromatic heterocycles. The number of hydrogen-bond acceptors (Lipinski definition) is 14. The number of nitrogens with one attached hydrogen (secondary N) is 4. The number of carbonyl (C=O) groups is 6. The number of likely N-dealkylation sites (tertiary alicyclic amines) is 1. The highest BCUT2D eigenvalue weighted by Gasteiger charge is 2.47. The van der Waals surface area contributed by atoms with Crippen LogP contribution in [0.5, 0.6) is 0 Å². The van der Waals surface area contributed by atoms with Crippen LogP contribution in [0.1, 0.15) is 106 Å². The molecule has 72 heavy (non-hydrogen) atoms. The lowest BCUT2D eigenvalue weighted by atomic mass is 9.82. The maximum Gasteiger partial charge on any atom is 0.264 e. The summed E-state index contributed by atoms with van der Waals surface area (Å²) in [5.74, 6) is -2.31. The van der Waals surface area contributed by atoms with Crippen LogP contribution in [0.4, 0.5) is 31.8 Å². The van der Waals surface area contributed by atoms with Crippen molar-refractivity contribution >= 4 is 58.5 Å². The predicted molar refractivity (Wildman–Crippen MR) is 267 cm³/mol. The molecule has 7 heterocycles. The van der Waals surface area contributed by atoms with Gasteiger partial charge in [0.25, 0.3) is 11.8 Å². The summed E-state index contributed by atoms with van der Waals surface area (Å²) in [7, 11) is 0. The van der Waals surface area contributed by atoms with E-state index in [1.807, 2.05) is 31.7 Å². The van der Waals surface area contributed by atoms with Crippen LogP contribution in [0.3, 0.4) is 0 Å². The third-order valence-corrected chi connectivity index (χ3v) is 15.6. The Kier molecular flexibility index (Phi) is 14.3. The lowest BCUT2D eigenvalue weighted by Gasteiger charge is -2.48. The van der Waals surface area contributed by atoms with Crippen molar-refractivity contribution in [3.05, 3.63) is 71.1 Å². The van der Waals surface area contributed by atoms with Crippen LogP contribution in [0, 0.1) is 23.0 Å². The van der Waals surface area contributed by atoms with Crippen molar-refractivity contribution in [2.24, 2.45) is 11.3 Å². The molecule has 0 radical (unpaired) electrons. The number of benzene rings is 2. The maximum absolute atomic E-state index is 15.7. The minimum atomic E-state index is -1.06. The van der Waals surface area contributed by atoms with Crippen LogP contribution in [0.25, 0.3) is 0 Å². The van der Waals surface area contributed by atoms with Crippen LogP contribution in [0.2, 0.25) is 0 Å². The SMILES string of the molecule is CC(CC(C)(C)Nc1cccc2c1C(=O)N(C1CCC(=O)NC1=O)C2=O)C(=O)N1CCN(CCNc2cc(N3CCC4(CC3)CN(c3cc(F)c(CN5CCC(C)(C)CC5)cc3F)CC(=O)N4)ncn2)CC1. The van der Waals surface area contributed by atoms with Crippen LogP contribution in [-0.4, -0.2) is 161 Å². The largest absolute Gasteiger partial charge is 0.379 e. The molecule has 3 aromatic rings. The molecule has 5 saturated heterocycles. The van der Waals surface area contributed by atoms with Gasteiger partial charge in [-0.3, -0.25) is 48.8 Å². The zero-order valence-corrected chi connectivity index (χ0v) is 42.1. The highest BCUT2D eigenvalue weighted by Crippen LogP contribution is 2.37. The predicted octanol–water partition coefficient (Wildman–Crippen LogP) is 4.23. The fraction of sp³-hybridized carbons (Fsp3) is 0.577. The van der Waals surface area contributed by atoms with Gasteiger partial charge < -0.3 is 30.7 Å². The Morgan fingerprint density at radius 1 is 0.861 bits per heavy atom. The monoisotopic (exact) mass is 995 g/mol. The highest BCUT2D eigenvalue weighted by molar-refractivity contribution is 6.25. The molecular formula is C52H68F2N12O6. The molecule has 2 atom stereocenters. The number of rotatable bonds is 14. The van der Waals surface area contributed by atoms with Crippen molar-refractivity contribution in [3.63, 3.8) is 0 Å². The Bertz CT molecular complexity index is 2600. The number of halogens is 2. The smallest absolute Gasteiger partial charge is 0.264 e. The molecule has 6 aliphatic heterocycles. The first-order valence-corrected chi connectivity index (χ1v) is 25.5. The summed E-state index contributed by atoms with van der Waals surface area (Å²) in [6.07, 6.45) is 5.32. The molecule has 5 fully saturated rings. The molecule has 0 bridgehead atoms. The average molecular weight is 995 g/mol. The van der Waals surface area contributed by atoms with Crippen molar-refractivity contribution < 1.29 is 37.5 Å². The highest BCUT2D eigenvalue weighted by atomic mass is 19.1. The van der Waals surface area contributed by atoms with Gasteiger partial charge in [-0.05, 0) is 89.1 Å². The minimum absolute atomic E-state index is 0.0352. The third kappa shape index (κ3) is 11.0. The molecule has 6 aliphatic rings. The van der Waals surface area contributed by atoms with Crippen molar-refractivity contribution in [1.29, 1.82) is 0 Å². The summed E-state index contributed by atoms with van der Waals surface area (Å²) in [5, 5.41) is 12.3. The van der Waals surface area contributed by atoms with Crippen molar-refractivity contribution in [3.8, 4) is 0 Å². The third-order valence-electron chi connectivity index (χ3n) is 15.6. The molecule has 9 rings (SSSR count). The molecule has 1 spiro atoms. The molecule has 20 heteroatoms. The number of amides is 6. The van der Waals surface area contributed by atoms with E-state index in [1.54, 1.807) is 23.1 Å². The average Bonchev–Trinajstić information content (AvgIpc) is 3.59. The second kappa shape index (κ2) is 20.3. The standard InChI is InChI=1S/C52H68F2N12O6/c1-33(28-51(4,5)59-38-8-6-7-35-45(38)49(72)66(48(35)71)39-9-10-43(67)58-46(39)69)47(70)64-23-21-61(22-24-64)20-15-55-41-27-42(57-32-56-41)63-18-13-52(14-19-63)31-65(30-44(68)60-52)40-26-36(53)34(25-37(40)54)29-62-16-11-50(2,3)12-17-62/h6-8,25-27,32-33,39,59H,9-24,28-31H2,1-5H3,(H,60,68)(H,55,56,57)(H,58,67,69). The molecule has 0 saturated carbocycles. The quantitative estimate of drug-likeness (QED) is 0.168. The lowest BCUT2D eigenvalue weighted by molar-refractivity contribution is -0.137. The number of carbonyl (C=O) groups excluding carboxylic acids is 6. The minimum Gasteiger partial charge on any atom is -0.379 e. The van der Waals surface area contributed by atoms with Crippen LogP contribution >= 0.6 is 0 Å². The van der Waals surface area contributed by atoms with Crippen molar-refractivity contribution in [1.82, 2.24) is 40.2 Å². The summed E-state index contributed by atoms with van der Waals surface area (Å²) >= 11 is 0. The van der Waals surface area contributed by atoms with E-state index in [9.17, 15) is 28.8 Å². The number of aromatic nitrogens is 2. The Hall–Kier alpha value is -6.28. The number of hydrogen-bond donors (Lipinski definition) is 4. The first-order valence-electron chi connectivity index (χ1n) is 25.5. The number of anilines is 4. The van der Waals surface area contributed by atoms with Gasteiger partial charge in [-0.15, -0.1) is 0 Å². The van der Waals surface area contributed by atoms with Gasteiger partial charge in [0, 0.05) is 107 Å². The Balaban J connectivity index is 0.714. The van der Waals surface area contributed by atoms with Gasteiger partial charge >= 0.3 is 0 Å². The number of nitrogens with zero attached hydrogens (tertiary/aromatic N) is 8. The number of imide groups is 2. The maximum atomic E-state index is 15.7. The molecule has 4 N–H and O–H groups in total. The molecule has 2 aromatic carbocycles. The second-order valence-electron chi connectivity index (χ2n) is 22.2. The van der Waals surface area contributed by atoms with Crippen LogP contribution < -0.4 is 31.1 Å². The second-order valence-corrected chi connectivity index (χ2v) is 22.2. The summed E-state index contributed by atoms with van der Waals surface area (Å²) in [6.45, 7) is 17.8. The Morgan fingerprint density at radius 3 is 2.32 bits per heavy atom. The fourth-order valence-electron chi connectivity index (χ4n) is 11.4. The fourth-order valence-corrected chi connectivity index (χ4v) is 11.4. The van der Waals surface area contributed by atoms with E-state index in [-0.39, 0.29) is 59.3 Å². The molecule has 18 nitrogen and oxygen atoms in total. The number of fused-ring (bicyclic) bond motifs is 1. The Morgan fingerprint density at radius 2 is 1.60 bits per heavy atom. The van der Waals surface area contributed by atoms with E-state index in [0.717, 1.165) is 43.2 Å². The van der Waals surface area contributed by atoms with Gasteiger partial charge in [0.15, 0.2) is 0 Å². The van der Waals surface area contributed by atoms with Gasteiger partial charge in [-0.2, -0.15) is 0 Å². The normalized spacial score (nSPS) is 22.2. The lowest BCUT2D eigenvalue weighted by Crippen LogP contribution is -2.66. The molecule has 2 unspecified atom stereocenters. The van der Waals surface area contributed by atoms with Crippen molar-refractivity contribution in [2.45, 2.75) is 103 Å². The van der Waals surface area contributed by atoms with Crippen molar-refractivity contribution in [2.75, 3.05) is 99.0 Å². The van der Waals surface area contributed by atoms with Crippen LogP contribution in [0.15, 0.2) is 42.7 Å². The van der Waals surface area contributed by atoms with Gasteiger partial charge in [-0.25, -0.2) is 18.7 Å². The summed E-state index contributed by atoms with van der Waals surface area (Å²) in [6, 6.07) is 8.38. The van der Waals surface area contributed by atoms with Gasteiger partial charge in [0.05, 0.1) is 28.9 Å². The summed E-state index contributed by atoms with van der Waals surface area (Å²) < 4.78 is 31.3. The van der Waals surface area contributed by atoms with Gasteiger partial charge in [0.1, 0.15) is 35.6 Å². The van der Waals surface area contributed by atoms with Crippen LogP contribution in [-0.2, 0) is 25.7 Å². The first-order chi connectivity index (χ1) is 34.3. The molecular weight excluding hydrogens is 927 g/mol.